The minimum Gasteiger partial charge on any atom is -0.345 e. The first-order valence-corrected chi connectivity index (χ1v) is 13.5. The fourth-order valence-corrected chi connectivity index (χ4v) is 4.77. The molecule has 1 heterocycles. The van der Waals surface area contributed by atoms with Gasteiger partial charge in [0.05, 0.1) is 11.5 Å². The number of alkyl halides is 1. The van der Waals surface area contributed by atoms with Crippen LogP contribution >= 0.6 is 23.4 Å². The van der Waals surface area contributed by atoms with Gasteiger partial charge in [-0.1, -0.05) is 90.1 Å². The van der Waals surface area contributed by atoms with Crippen molar-refractivity contribution in [2.24, 2.45) is 5.41 Å². The van der Waals surface area contributed by atoms with Crippen molar-refractivity contribution in [2.45, 2.75) is 44.1 Å². The lowest BCUT2D eigenvalue weighted by Crippen LogP contribution is -2.41. The molecule has 3 aromatic carbocycles. The van der Waals surface area contributed by atoms with Crippen molar-refractivity contribution in [3.05, 3.63) is 107 Å². The number of rotatable bonds is 10. The molecule has 0 aliphatic carbocycles. The molecule has 1 N–H and O–H groups in total. The van der Waals surface area contributed by atoms with Crippen LogP contribution in [0.25, 0.3) is 5.69 Å². The molecule has 36 heavy (non-hydrogen) atoms. The van der Waals surface area contributed by atoms with Gasteiger partial charge in [-0.25, -0.2) is 0 Å². The minimum absolute atomic E-state index is 0.115. The van der Waals surface area contributed by atoms with E-state index in [-0.39, 0.29) is 17.8 Å². The molecule has 1 aromatic heterocycles. The second-order valence-corrected chi connectivity index (χ2v) is 10.7. The highest BCUT2D eigenvalue weighted by Gasteiger charge is 2.31. The van der Waals surface area contributed by atoms with Crippen molar-refractivity contribution in [1.29, 1.82) is 0 Å². The summed E-state index contributed by atoms with van der Waals surface area (Å²) in [5.41, 5.74) is 3.73. The molecule has 1 unspecified atom stereocenters. The van der Waals surface area contributed by atoms with Gasteiger partial charge in [0, 0.05) is 17.3 Å². The average Bonchev–Trinajstić information content (AvgIpc) is 3.32. The average molecular weight is 519 g/mol. The monoisotopic (exact) mass is 518 g/mol. The highest BCUT2D eigenvalue weighted by molar-refractivity contribution is 7.98. The lowest BCUT2D eigenvalue weighted by atomic mass is 9.94. The van der Waals surface area contributed by atoms with Crippen molar-refractivity contribution in [2.75, 3.05) is 5.88 Å². The predicted octanol–water partition coefficient (Wildman–Crippen LogP) is 6.53. The molecule has 1 atom stereocenters. The summed E-state index contributed by atoms with van der Waals surface area (Å²) in [6.45, 7) is 5.76. The van der Waals surface area contributed by atoms with Crippen LogP contribution in [0.4, 0.5) is 0 Å². The lowest BCUT2D eigenvalue weighted by molar-refractivity contribution is -0.129. The molecule has 0 saturated carbocycles. The van der Waals surface area contributed by atoms with Gasteiger partial charge >= 0.3 is 0 Å². The zero-order valence-corrected chi connectivity index (χ0v) is 22.4. The molecular weight excluding hydrogens is 488 g/mol. The fraction of sp³-hybridized carbons (Fsp3) is 0.276. The van der Waals surface area contributed by atoms with E-state index in [4.69, 9.17) is 11.6 Å². The second kappa shape index (κ2) is 11.8. The molecule has 0 aliphatic heterocycles. The smallest absolute Gasteiger partial charge is 0.227 e. The SMILES string of the molecule is Cc1ccc(-n2c(SCc3ccccc3)nnc2C(Cc2ccccc2)NC(=O)C(C)(C)CCl)cc1. The van der Waals surface area contributed by atoms with Crippen LogP contribution in [0.2, 0.25) is 0 Å². The van der Waals surface area contributed by atoms with Gasteiger partial charge in [0.2, 0.25) is 5.91 Å². The van der Waals surface area contributed by atoms with E-state index in [1.807, 2.05) is 50.2 Å². The van der Waals surface area contributed by atoms with E-state index in [0.29, 0.717) is 12.2 Å². The fourth-order valence-electron chi connectivity index (χ4n) is 3.73. The van der Waals surface area contributed by atoms with E-state index < -0.39 is 5.41 Å². The zero-order valence-electron chi connectivity index (χ0n) is 20.8. The molecule has 4 aromatic rings. The van der Waals surface area contributed by atoms with Crippen LogP contribution in [0.3, 0.4) is 0 Å². The third-order valence-corrected chi connectivity index (χ3v) is 7.68. The van der Waals surface area contributed by atoms with Crippen molar-refractivity contribution in [1.82, 2.24) is 20.1 Å². The Morgan fingerprint density at radius 2 is 1.56 bits per heavy atom. The van der Waals surface area contributed by atoms with Gasteiger partial charge in [-0.15, -0.1) is 21.8 Å². The number of benzene rings is 3. The van der Waals surface area contributed by atoms with E-state index in [1.165, 1.54) is 11.1 Å². The first kappa shape index (κ1) is 26.0. The number of carbonyl (C=O) groups is 1. The lowest BCUT2D eigenvalue weighted by Gasteiger charge is -2.26. The molecule has 0 bridgehead atoms. The summed E-state index contributed by atoms with van der Waals surface area (Å²) in [5, 5.41) is 13.2. The number of hydrogen-bond donors (Lipinski definition) is 1. The van der Waals surface area contributed by atoms with Gasteiger partial charge in [0.25, 0.3) is 0 Å². The Bertz CT molecular complexity index is 1270. The Morgan fingerprint density at radius 3 is 2.17 bits per heavy atom. The molecule has 186 valence electrons. The van der Waals surface area contributed by atoms with Crippen LogP contribution in [-0.4, -0.2) is 26.6 Å². The predicted molar refractivity (Wildman–Crippen MR) is 148 cm³/mol. The van der Waals surface area contributed by atoms with Crippen LogP contribution in [0.15, 0.2) is 90.1 Å². The minimum atomic E-state index is -0.712. The number of thioether (sulfide) groups is 1. The van der Waals surface area contributed by atoms with E-state index >= 15 is 0 Å². The van der Waals surface area contributed by atoms with Crippen molar-refractivity contribution in [3.63, 3.8) is 0 Å². The zero-order chi connectivity index (χ0) is 25.5. The molecular formula is C29H31ClN4OS. The Labute approximate surface area is 222 Å². The summed E-state index contributed by atoms with van der Waals surface area (Å²) in [6, 6.07) is 28.3. The van der Waals surface area contributed by atoms with Gasteiger partial charge in [0.15, 0.2) is 11.0 Å². The van der Waals surface area contributed by atoms with Gasteiger partial charge in [-0.2, -0.15) is 0 Å². The largest absolute Gasteiger partial charge is 0.345 e. The molecule has 0 radical (unpaired) electrons. The summed E-state index contributed by atoms with van der Waals surface area (Å²) >= 11 is 7.75. The summed E-state index contributed by atoms with van der Waals surface area (Å²) in [5.74, 6) is 1.56. The number of halogens is 1. The Balaban J connectivity index is 1.75. The molecule has 7 heteroatoms. The normalized spacial score (nSPS) is 12.3. The summed E-state index contributed by atoms with van der Waals surface area (Å²) < 4.78 is 2.06. The van der Waals surface area contributed by atoms with E-state index in [0.717, 1.165) is 22.2 Å². The van der Waals surface area contributed by atoms with E-state index in [1.54, 1.807) is 11.8 Å². The van der Waals surface area contributed by atoms with Gasteiger partial charge in [-0.3, -0.25) is 9.36 Å². The van der Waals surface area contributed by atoms with Gasteiger partial charge < -0.3 is 5.32 Å². The number of nitrogens with zero attached hydrogens (tertiary/aromatic N) is 3. The molecule has 0 aliphatic rings. The van der Waals surface area contributed by atoms with Crippen LogP contribution in [0.1, 0.15) is 42.4 Å². The van der Waals surface area contributed by atoms with E-state index in [2.05, 4.69) is 75.5 Å². The van der Waals surface area contributed by atoms with Crippen molar-refractivity contribution < 1.29 is 4.79 Å². The molecule has 0 spiro atoms. The number of carbonyl (C=O) groups excluding carboxylic acids is 1. The summed E-state index contributed by atoms with van der Waals surface area (Å²) in [7, 11) is 0. The van der Waals surface area contributed by atoms with Gasteiger partial charge in [-0.05, 0) is 50.5 Å². The van der Waals surface area contributed by atoms with Crippen LogP contribution in [0.5, 0.6) is 0 Å². The van der Waals surface area contributed by atoms with Crippen molar-refractivity contribution >= 4 is 29.3 Å². The second-order valence-electron chi connectivity index (χ2n) is 9.52. The number of nitrogens with one attached hydrogen (secondary N) is 1. The number of hydrogen-bond acceptors (Lipinski definition) is 4. The molecule has 0 saturated heterocycles. The maximum Gasteiger partial charge on any atom is 0.227 e. The highest BCUT2D eigenvalue weighted by Crippen LogP contribution is 2.30. The quantitative estimate of drug-likeness (QED) is 0.191. The Morgan fingerprint density at radius 1 is 0.944 bits per heavy atom. The summed E-state index contributed by atoms with van der Waals surface area (Å²) in [4.78, 5) is 13.2. The number of aryl methyl sites for hydroxylation is 1. The summed E-state index contributed by atoms with van der Waals surface area (Å²) in [6.07, 6.45) is 0.582. The molecule has 0 fully saturated rings. The first-order valence-electron chi connectivity index (χ1n) is 12.0. The Kier molecular flexibility index (Phi) is 8.49. The molecule has 4 rings (SSSR count). The third-order valence-electron chi connectivity index (χ3n) is 6.01. The maximum absolute atomic E-state index is 13.2. The highest BCUT2D eigenvalue weighted by atomic mass is 35.5. The number of amides is 1. The maximum atomic E-state index is 13.2. The Hall–Kier alpha value is -3.09. The topological polar surface area (TPSA) is 59.8 Å². The first-order chi connectivity index (χ1) is 17.4. The molecule has 5 nitrogen and oxygen atoms in total. The van der Waals surface area contributed by atoms with Crippen LogP contribution in [0, 0.1) is 12.3 Å². The number of aromatic nitrogens is 3. The standard InChI is InChI=1S/C29H31ClN4OS/c1-21-14-16-24(17-15-21)34-26(32-33-28(34)36-19-23-12-8-5-9-13-23)25(18-22-10-6-4-7-11-22)31-27(35)29(2,3)20-30/h4-17,25H,18-20H2,1-3H3,(H,31,35). The van der Waals surface area contributed by atoms with Crippen molar-refractivity contribution in [3.8, 4) is 5.69 Å². The van der Waals surface area contributed by atoms with E-state index in [9.17, 15) is 4.79 Å². The third kappa shape index (κ3) is 6.37. The molecule has 1 amide bonds. The van der Waals surface area contributed by atoms with Gasteiger partial charge in [0.1, 0.15) is 0 Å². The van der Waals surface area contributed by atoms with Crippen LogP contribution < -0.4 is 5.32 Å². The van der Waals surface area contributed by atoms with Crippen LogP contribution in [-0.2, 0) is 17.0 Å².